The quantitative estimate of drug-likeness (QED) is 0.451. The smallest absolute Gasteiger partial charge is 0.149 e. The minimum absolute atomic E-state index is 0.179. The summed E-state index contributed by atoms with van der Waals surface area (Å²) in [4.78, 5) is 18.6. The minimum Gasteiger partial charge on any atom is -0.299 e. The molecule has 3 aromatic rings. The van der Waals surface area contributed by atoms with E-state index in [1.165, 1.54) is 17.4 Å². The van der Waals surface area contributed by atoms with E-state index in [-0.39, 0.29) is 11.6 Å². The summed E-state index contributed by atoms with van der Waals surface area (Å²) in [5.74, 6) is 0.237. The number of para-hydroxylation sites is 1. The van der Waals surface area contributed by atoms with Crippen molar-refractivity contribution in [3.63, 3.8) is 0 Å². The highest BCUT2D eigenvalue weighted by atomic mass is 35.5. The molecule has 0 saturated heterocycles. The van der Waals surface area contributed by atoms with Gasteiger partial charge in [0.2, 0.25) is 0 Å². The normalized spacial score (nSPS) is 13.9. The van der Waals surface area contributed by atoms with Crippen LogP contribution in [0.2, 0.25) is 4.34 Å². The van der Waals surface area contributed by atoms with Crippen LogP contribution in [0, 0.1) is 17.2 Å². The minimum atomic E-state index is -0.473. The zero-order valence-electron chi connectivity index (χ0n) is 15.8. The van der Waals surface area contributed by atoms with Gasteiger partial charge in [-0.05, 0) is 48.6 Å². The lowest BCUT2D eigenvalue weighted by atomic mass is 9.73. The average molecular weight is 404 g/mol. The molecule has 0 aliphatic heterocycles. The van der Waals surface area contributed by atoms with Gasteiger partial charge in [-0.25, -0.2) is 4.39 Å². The molecule has 3 rings (SSSR count). The monoisotopic (exact) mass is 403 g/mol. The van der Waals surface area contributed by atoms with E-state index in [2.05, 4.69) is 18.8 Å². The summed E-state index contributed by atoms with van der Waals surface area (Å²) >= 11 is 7.60. The molecule has 5 heteroatoms. The Bertz CT molecular complexity index is 968. The molecule has 0 saturated carbocycles. The van der Waals surface area contributed by atoms with Crippen LogP contribution in [-0.4, -0.2) is 10.8 Å². The molecule has 0 fully saturated rings. The van der Waals surface area contributed by atoms with Crippen molar-refractivity contribution in [3.8, 4) is 0 Å². The van der Waals surface area contributed by atoms with E-state index in [1.807, 2.05) is 31.2 Å². The Hall–Kier alpha value is -1.78. The van der Waals surface area contributed by atoms with Crippen LogP contribution < -0.4 is 0 Å². The number of thiophene rings is 1. The number of carbonyl (C=O) groups is 1. The van der Waals surface area contributed by atoms with Crippen LogP contribution in [0.3, 0.4) is 0 Å². The van der Waals surface area contributed by atoms with Gasteiger partial charge in [0.25, 0.3) is 0 Å². The predicted molar refractivity (Wildman–Crippen MR) is 111 cm³/mol. The number of fused-ring (bicyclic) bond motifs is 1. The van der Waals surface area contributed by atoms with E-state index in [0.717, 1.165) is 26.6 Å². The second-order valence-corrected chi connectivity index (χ2v) is 9.60. The second-order valence-electron chi connectivity index (χ2n) is 7.80. The number of Topliss-reactive ketones (excluding diaryl/α,β-unsaturated/α-hetero) is 1. The SMILES string of the molecule is CC(C)CC(C)(Cc1ccc(Cl)s1)C(=O)Cc1cnc2c(F)cccc2c1. The van der Waals surface area contributed by atoms with E-state index < -0.39 is 5.41 Å². The fourth-order valence-corrected chi connectivity index (χ4v) is 4.96. The van der Waals surface area contributed by atoms with Gasteiger partial charge >= 0.3 is 0 Å². The topological polar surface area (TPSA) is 30.0 Å². The number of hydrogen-bond acceptors (Lipinski definition) is 3. The molecular weight excluding hydrogens is 381 g/mol. The summed E-state index contributed by atoms with van der Waals surface area (Å²) in [6, 6.07) is 10.6. The van der Waals surface area contributed by atoms with Crippen LogP contribution in [0.15, 0.2) is 42.6 Å². The van der Waals surface area contributed by atoms with Gasteiger partial charge in [-0.1, -0.05) is 44.5 Å². The van der Waals surface area contributed by atoms with Gasteiger partial charge in [0.05, 0.1) is 4.34 Å². The first-order valence-electron chi connectivity index (χ1n) is 9.07. The van der Waals surface area contributed by atoms with Crippen LogP contribution in [0.1, 0.15) is 37.6 Å². The number of carbonyl (C=O) groups excluding carboxylic acids is 1. The summed E-state index contributed by atoms with van der Waals surface area (Å²) in [5.41, 5.74) is 0.684. The fraction of sp³-hybridized carbons (Fsp3) is 0.364. The van der Waals surface area contributed by atoms with Gasteiger partial charge < -0.3 is 0 Å². The third-order valence-electron chi connectivity index (χ3n) is 4.81. The van der Waals surface area contributed by atoms with Gasteiger partial charge in [-0.2, -0.15) is 0 Å². The Morgan fingerprint density at radius 2 is 2.07 bits per heavy atom. The molecule has 0 bridgehead atoms. The van der Waals surface area contributed by atoms with E-state index in [4.69, 9.17) is 11.6 Å². The molecule has 1 atom stereocenters. The first-order chi connectivity index (χ1) is 12.8. The first-order valence-corrected chi connectivity index (χ1v) is 10.3. The predicted octanol–water partition coefficient (Wildman–Crippen LogP) is 6.50. The molecular formula is C22H23ClFNOS. The van der Waals surface area contributed by atoms with Crippen molar-refractivity contribution in [1.29, 1.82) is 0 Å². The van der Waals surface area contributed by atoms with E-state index in [0.29, 0.717) is 24.3 Å². The maximum absolute atomic E-state index is 13.8. The Kier molecular flexibility index (Phi) is 5.97. The van der Waals surface area contributed by atoms with E-state index >= 15 is 0 Å². The molecule has 0 aliphatic rings. The molecule has 27 heavy (non-hydrogen) atoms. The Balaban J connectivity index is 1.85. The van der Waals surface area contributed by atoms with Crippen molar-refractivity contribution in [2.45, 2.75) is 40.0 Å². The largest absolute Gasteiger partial charge is 0.299 e. The van der Waals surface area contributed by atoms with Gasteiger partial charge in [0.1, 0.15) is 17.1 Å². The van der Waals surface area contributed by atoms with Crippen molar-refractivity contribution in [3.05, 3.63) is 63.2 Å². The molecule has 0 amide bonds. The zero-order valence-corrected chi connectivity index (χ0v) is 17.3. The lowest BCUT2D eigenvalue weighted by molar-refractivity contribution is -0.128. The molecule has 2 heterocycles. The number of nitrogens with zero attached hydrogens (tertiary/aromatic N) is 1. The van der Waals surface area contributed by atoms with E-state index in [1.54, 1.807) is 12.3 Å². The summed E-state index contributed by atoms with van der Waals surface area (Å²) in [6.45, 7) is 6.30. The first kappa shape index (κ1) is 20.0. The standard InChI is InChI=1S/C22H23ClFNOS/c1-14(2)11-22(3,12-17-7-8-20(23)27-17)19(26)10-15-9-16-5-4-6-18(24)21(16)25-13-15/h4-9,13-14H,10-12H2,1-3H3. The van der Waals surface area contributed by atoms with Crippen molar-refractivity contribution in [2.75, 3.05) is 0 Å². The van der Waals surface area contributed by atoms with Gasteiger partial charge in [0, 0.05) is 28.3 Å². The van der Waals surface area contributed by atoms with E-state index in [9.17, 15) is 9.18 Å². The number of hydrogen-bond donors (Lipinski definition) is 0. The summed E-state index contributed by atoms with van der Waals surface area (Å²) in [6.07, 6.45) is 3.39. The molecule has 0 radical (unpaired) electrons. The third-order valence-corrected chi connectivity index (χ3v) is 6.04. The summed E-state index contributed by atoms with van der Waals surface area (Å²) in [5, 5.41) is 0.718. The highest BCUT2D eigenvalue weighted by molar-refractivity contribution is 7.16. The highest BCUT2D eigenvalue weighted by Gasteiger charge is 2.34. The Morgan fingerprint density at radius 1 is 1.30 bits per heavy atom. The van der Waals surface area contributed by atoms with Crippen LogP contribution in [0.4, 0.5) is 4.39 Å². The van der Waals surface area contributed by atoms with Gasteiger partial charge in [-0.3, -0.25) is 9.78 Å². The number of halogens is 2. The van der Waals surface area contributed by atoms with Crippen molar-refractivity contribution in [1.82, 2.24) is 4.98 Å². The lowest BCUT2D eigenvalue weighted by Crippen LogP contribution is -2.33. The van der Waals surface area contributed by atoms with Crippen LogP contribution in [0.25, 0.3) is 10.9 Å². The van der Waals surface area contributed by atoms with Crippen molar-refractivity contribution in [2.24, 2.45) is 11.3 Å². The average Bonchev–Trinajstić information content (AvgIpc) is 2.98. The van der Waals surface area contributed by atoms with Crippen LogP contribution in [-0.2, 0) is 17.6 Å². The maximum atomic E-state index is 13.8. The Morgan fingerprint density at radius 3 is 2.74 bits per heavy atom. The molecule has 1 unspecified atom stereocenters. The van der Waals surface area contributed by atoms with Crippen molar-refractivity contribution >= 4 is 39.6 Å². The lowest BCUT2D eigenvalue weighted by Gasteiger charge is -2.30. The maximum Gasteiger partial charge on any atom is 0.149 e. The molecule has 0 N–H and O–H groups in total. The fourth-order valence-electron chi connectivity index (χ4n) is 3.68. The molecule has 0 spiro atoms. The molecule has 2 aromatic heterocycles. The number of pyridine rings is 1. The number of ketones is 1. The van der Waals surface area contributed by atoms with Gasteiger partial charge in [0.15, 0.2) is 0 Å². The van der Waals surface area contributed by atoms with Gasteiger partial charge in [-0.15, -0.1) is 11.3 Å². The van der Waals surface area contributed by atoms with Crippen LogP contribution in [0.5, 0.6) is 0 Å². The zero-order chi connectivity index (χ0) is 19.6. The summed E-state index contributed by atoms with van der Waals surface area (Å²) < 4.78 is 14.6. The van der Waals surface area contributed by atoms with Crippen LogP contribution >= 0.6 is 22.9 Å². The summed E-state index contributed by atoms with van der Waals surface area (Å²) in [7, 11) is 0. The molecule has 0 aliphatic carbocycles. The molecule has 2 nitrogen and oxygen atoms in total. The Labute approximate surface area is 168 Å². The number of benzene rings is 1. The molecule has 1 aromatic carbocycles. The highest BCUT2D eigenvalue weighted by Crippen LogP contribution is 2.36. The molecule has 142 valence electrons. The number of rotatable bonds is 7. The number of aromatic nitrogens is 1. The van der Waals surface area contributed by atoms with Crippen molar-refractivity contribution < 1.29 is 9.18 Å². The third kappa shape index (κ3) is 4.74. The second kappa shape index (κ2) is 8.07.